The Bertz CT molecular complexity index is 806. The zero-order chi connectivity index (χ0) is 14.3. The lowest BCUT2D eigenvalue weighted by Gasteiger charge is -1.98. The van der Waals surface area contributed by atoms with Gasteiger partial charge >= 0.3 is 0 Å². The van der Waals surface area contributed by atoms with Gasteiger partial charge in [-0.15, -0.1) is 0 Å². The molecule has 0 fully saturated rings. The molecule has 0 aliphatic carbocycles. The van der Waals surface area contributed by atoms with Gasteiger partial charge in [0.2, 0.25) is 5.78 Å². The molecule has 0 amide bonds. The van der Waals surface area contributed by atoms with Crippen LogP contribution in [0.3, 0.4) is 0 Å². The molecule has 6 heteroatoms. The van der Waals surface area contributed by atoms with Gasteiger partial charge in [-0.25, -0.2) is 9.97 Å². The van der Waals surface area contributed by atoms with Crippen LogP contribution in [0.5, 0.6) is 0 Å². The summed E-state index contributed by atoms with van der Waals surface area (Å²) in [5.74, 6) is 0.635. The highest BCUT2D eigenvalue weighted by molar-refractivity contribution is 5.63. The Morgan fingerprint density at radius 2 is 1.85 bits per heavy atom. The molecular weight excluding hydrogens is 256 g/mol. The first-order chi connectivity index (χ1) is 9.54. The fourth-order valence-electron chi connectivity index (χ4n) is 2.16. The van der Waals surface area contributed by atoms with Crippen molar-refractivity contribution in [2.24, 2.45) is 0 Å². The average Bonchev–Trinajstić information content (AvgIpc) is 2.83. The molecule has 0 radical (unpaired) electrons. The summed E-state index contributed by atoms with van der Waals surface area (Å²) in [6.07, 6.45) is 1.89. The molecule has 3 rings (SSSR count). The molecule has 6 nitrogen and oxygen atoms in total. The van der Waals surface area contributed by atoms with Crippen molar-refractivity contribution in [3.05, 3.63) is 58.0 Å². The fraction of sp³-hybridized carbons (Fsp3) is 0.143. The van der Waals surface area contributed by atoms with Crippen LogP contribution in [0.2, 0.25) is 0 Å². The normalized spacial score (nSPS) is 10.9. The summed E-state index contributed by atoms with van der Waals surface area (Å²) in [5.41, 5.74) is 3.62. The van der Waals surface area contributed by atoms with Crippen LogP contribution in [0.1, 0.15) is 11.4 Å². The molecular formula is C14H12N4O2. The highest BCUT2D eigenvalue weighted by Crippen LogP contribution is 2.22. The van der Waals surface area contributed by atoms with Crippen molar-refractivity contribution >= 4 is 11.5 Å². The Hall–Kier alpha value is -2.76. The van der Waals surface area contributed by atoms with Crippen LogP contribution < -0.4 is 0 Å². The number of nitro groups is 1. The van der Waals surface area contributed by atoms with E-state index in [0.29, 0.717) is 5.78 Å². The second-order valence-electron chi connectivity index (χ2n) is 4.64. The molecule has 0 aliphatic heterocycles. The van der Waals surface area contributed by atoms with Gasteiger partial charge in [0.15, 0.2) is 0 Å². The number of nitro benzene ring substituents is 1. The third kappa shape index (κ3) is 2.01. The number of fused-ring (bicyclic) bond motifs is 1. The van der Waals surface area contributed by atoms with Gasteiger partial charge in [-0.3, -0.25) is 14.5 Å². The van der Waals surface area contributed by atoms with Crippen molar-refractivity contribution in [3.8, 4) is 11.3 Å². The van der Waals surface area contributed by atoms with Crippen molar-refractivity contribution in [1.29, 1.82) is 0 Å². The molecule has 0 saturated heterocycles. The first kappa shape index (κ1) is 12.3. The van der Waals surface area contributed by atoms with Gasteiger partial charge in [-0.2, -0.15) is 0 Å². The van der Waals surface area contributed by atoms with Crippen molar-refractivity contribution < 1.29 is 4.92 Å². The lowest BCUT2D eigenvalue weighted by molar-refractivity contribution is -0.384. The summed E-state index contributed by atoms with van der Waals surface area (Å²) >= 11 is 0. The van der Waals surface area contributed by atoms with E-state index in [9.17, 15) is 10.1 Å². The SMILES string of the molecule is Cc1cc(C)n2cc(-c3ccc([N+](=O)[O-])cc3)nc2n1. The largest absolute Gasteiger partial charge is 0.288 e. The van der Waals surface area contributed by atoms with E-state index in [1.807, 2.05) is 30.5 Å². The lowest BCUT2D eigenvalue weighted by Crippen LogP contribution is -1.94. The third-order valence-corrected chi connectivity index (χ3v) is 3.14. The molecule has 2 aromatic heterocycles. The predicted octanol–water partition coefficient (Wildman–Crippen LogP) is 2.92. The van der Waals surface area contributed by atoms with Crippen LogP contribution >= 0.6 is 0 Å². The predicted molar refractivity (Wildman–Crippen MR) is 74.6 cm³/mol. The Labute approximate surface area is 114 Å². The second-order valence-corrected chi connectivity index (χ2v) is 4.64. The van der Waals surface area contributed by atoms with E-state index < -0.39 is 4.92 Å². The first-order valence-electron chi connectivity index (χ1n) is 6.13. The van der Waals surface area contributed by atoms with Gasteiger partial charge in [0.05, 0.1) is 10.6 Å². The summed E-state index contributed by atoms with van der Waals surface area (Å²) in [6, 6.07) is 8.33. The van der Waals surface area contributed by atoms with Gasteiger partial charge in [0.1, 0.15) is 0 Å². The number of aryl methyl sites for hydroxylation is 2. The van der Waals surface area contributed by atoms with Crippen molar-refractivity contribution in [1.82, 2.24) is 14.4 Å². The second kappa shape index (κ2) is 4.41. The number of rotatable bonds is 2. The maximum atomic E-state index is 10.6. The standard InChI is InChI=1S/C14H12N4O2/c1-9-7-10(2)17-8-13(16-14(17)15-9)11-3-5-12(6-4-11)18(19)20/h3-8H,1-2H3. The van der Waals surface area contributed by atoms with Crippen LogP contribution in [0.25, 0.3) is 17.0 Å². The molecule has 0 spiro atoms. The zero-order valence-electron chi connectivity index (χ0n) is 11.1. The van der Waals surface area contributed by atoms with Gasteiger partial charge in [0.25, 0.3) is 5.69 Å². The maximum absolute atomic E-state index is 10.6. The van der Waals surface area contributed by atoms with Crippen LogP contribution in [-0.4, -0.2) is 19.3 Å². The number of non-ortho nitro benzene ring substituents is 1. The molecule has 0 aliphatic rings. The van der Waals surface area contributed by atoms with E-state index in [1.165, 1.54) is 12.1 Å². The highest BCUT2D eigenvalue weighted by Gasteiger charge is 2.10. The molecule has 2 heterocycles. The van der Waals surface area contributed by atoms with E-state index in [1.54, 1.807) is 12.1 Å². The Morgan fingerprint density at radius 3 is 2.50 bits per heavy atom. The van der Waals surface area contributed by atoms with Crippen LogP contribution in [0.4, 0.5) is 5.69 Å². The molecule has 0 saturated carbocycles. The molecule has 0 bridgehead atoms. The number of hydrogen-bond donors (Lipinski definition) is 0. The Kier molecular flexibility index (Phi) is 2.71. The number of aromatic nitrogens is 3. The van der Waals surface area contributed by atoms with Gasteiger partial charge in [0, 0.05) is 35.3 Å². The van der Waals surface area contributed by atoms with E-state index in [4.69, 9.17) is 0 Å². The Morgan fingerprint density at radius 1 is 1.15 bits per heavy atom. The first-order valence-corrected chi connectivity index (χ1v) is 6.13. The zero-order valence-corrected chi connectivity index (χ0v) is 11.1. The quantitative estimate of drug-likeness (QED) is 0.529. The summed E-state index contributed by atoms with van der Waals surface area (Å²) in [7, 11) is 0. The lowest BCUT2D eigenvalue weighted by atomic mass is 10.1. The smallest absolute Gasteiger partial charge is 0.269 e. The van der Waals surface area contributed by atoms with E-state index in [2.05, 4.69) is 9.97 Å². The number of imidazole rings is 1. The van der Waals surface area contributed by atoms with Crippen LogP contribution in [0, 0.1) is 24.0 Å². The molecule has 3 aromatic rings. The molecule has 100 valence electrons. The average molecular weight is 268 g/mol. The Balaban J connectivity index is 2.10. The van der Waals surface area contributed by atoms with Gasteiger partial charge < -0.3 is 0 Å². The van der Waals surface area contributed by atoms with Crippen molar-refractivity contribution in [3.63, 3.8) is 0 Å². The summed E-state index contributed by atoms with van der Waals surface area (Å²) in [6.45, 7) is 3.91. The van der Waals surface area contributed by atoms with E-state index >= 15 is 0 Å². The van der Waals surface area contributed by atoms with Crippen molar-refractivity contribution in [2.75, 3.05) is 0 Å². The fourth-order valence-corrected chi connectivity index (χ4v) is 2.16. The topological polar surface area (TPSA) is 73.3 Å². The molecule has 1 aromatic carbocycles. The number of nitrogens with zero attached hydrogens (tertiary/aromatic N) is 4. The van der Waals surface area contributed by atoms with Crippen LogP contribution in [-0.2, 0) is 0 Å². The van der Waals surface area contributed by atoms with Crippen LogP contribution in [0.15, 0.2) is 36.5 Å². The molecule has 0 N–H and O–H groups in total. The summed E-state index contributed by atoms with van der Waals surface area (Å²) in [5, 5.41) is 10.6. The maximum Gasteiger partial charge on any atom is 0.269 e. The number of hydrogen-bond acceptors (Lipinski definition) is 4. The number of benzene rings is 1. The molecule has 20 heavy (non-hydrogen) atoms. The molecule has 0 atom stereocenters. The van der Waals surface area contributed by atoms with Crippen molar-refractivity contribution in [2.45, 2.75) is 13.8 Å². The minimum absolute atomic E-state index is 0.0719. The summed E-state index contributed by atoms with van der Waals surface area (Å²) in [4.78, 5) is 19.1. The summed E-state index contributed by atoms with van der Waals surface area (Å²) < 4.78 is 1.91. The van der Waals surface area contributed by atoms with Gasteiger partial charge in [-0.05, 0) is 32.0 Å². The minimum atomic E-state index is -0.414. The van der Waals surface area contributed by atoms with E-state index in [-0.39, 0.29) is 5.69 Å². The third-order valence-electron chi connectivity index (χ3n) is 3.14. The molecule has 0 unspecified atom stereocenters. The minimum Gasteiger partial charge on any atom is -0.288 e. The monoisotopic (exact) mass is 268 g/mol. The highest BCUT2D eigenvalue weighted by atomic mass is 16.6. The van der Waals surface area contributed by atoms with E-state index in [0.717, 1.165) is 22.6 Å². The van der Waals surface area contributed by atoms with Gasteiger partial charge in [-0.1, -0.05) is 0 Å².